The van der Waals surface area contributed by atoms with Crippen LogP contribution < -0.4 is 10.6 Å². The minimum absolute atomic E-state index is 0.0574. The van der Waals surface area contributed by atoms with Crippen LogP contribution in [-0.4, -0.2) is 43.4 Å². The minimum Gasteiger partial charge on any atom is -0.375 e. The lowest BCUT2D eigenvalue weighted by atomic mass is 10.1. The zero-order valence-corrected chi connectivity index (χ0v) is 22.3. The molecule has 1 saturated heterocycles. The largest absolute Gasteiger partial charge is 0.375 e. The third kappa shape index (κ3) is 8.50. The summed E-state index contributed by atoms with van der Waals surface area (Å²) in [5.41, 5.74) is 3.24. The van der Waals surface area contributed by atoms with E-state index in [-0.39, 0.29) is 18.1 Å². The highest BCUT2D eigenvalue weighted by atomic mass is 16.5. The highest BCUT2D eigenvalue weighted by Gasteiger charge is 2.48. The van der Waals surface area contributed by atoms with Crippen molar-refractivity contribution in [3.63, 3.8) is 0 Å². The van der Waals surface area contributed by atoms with Gasteiger partial charge in [0.25, 0.3) is 0 Å². The molecule has 2 N–H and O–H groups in total. The average molecular weight is 517 g/mol. The van der Waals surface area contributed by atoms with Crippen LogP contribution >= 0.6 is 0 Å². The molecule has 4 atom stereocenters. The number of hydrogen-bond donors (Lipinski definition) is 2. The summed E-state index contributed by atoms with van der Waals surface area (Å²) in [4.78, 5) is 13.3. The van der Waals surface area contributed by atoms with Crippen molar-refractivity contribution >= 4 is 5.91 Å². The Morgan fingerprint density at radius 2 is 1.26 bits per heavy atom. The molecule has 0 aliphatic carbocycles. The molecule has 1 heterocycles. The molecule has 0 unspecified atom stereocenters. The van der Waals surface area contributed by atoms with Gasteiger partial charge in [-0.15, -0.1) is 0 Å². The molecule has 38 heavy (non-hydrogen) atoms. The van der Waals surface area contributed by atoms with Crippen molar-refractivity contribution in [2.45, 2.75) is 70.3 Å². The molecule has 4 rings (SSSR count). The van der Waals surface area contributed by atoms with E-state index in [0.29, 0.717) is 33.0 Å². The SMILES string of the molecule is CCCCCNC(=O)[C@@H]1N[C@@H](COCc2ccccc2)[C@H](OCc2ccccc2)[C@H]1OCc1ccccc1. The first kappa shape index (κ1) is 28.0. The molecule has 0 aromatic heterocycles. The maximum Gasteiger partial charge on any atom is 0.239 e. The predicted molar refractivity (Wildman–Crippen MR) is 149 cm³/mol. The van der Waals surface area contributed by atoms with Gasteiger partial charge in [-0.05, 0) is 23.1 Å². The van der Waals surface area contributed by atoms with Crippen molar-refractivity contribution < 1.29 is 19.0 Å². The summed E-state index contributed by atoms with van der Waals surface area (Å²) in [6, 6.07) is 29.5. The summed E-state index contributed by atoms with van der Waals surface area (Å²) in [7, 11) is 0. The summed E-state index contributed by atoms with van der Waals surface area (Å²) < 4.78 is 19.0. The van der Waals surface area contributed by atoms with Gasteiger partial charge in [0.1, 0.15) is 18.2 Å². The highest BCUT2D eigenvalue weighted by Crippen LogP contribution is 2.25. The van der Waals surface area contributed by atoms with E-state index in [4.69, 9.17) is 14.2 Å². The molecule has 0 radical (unpaired) electrons. The Labute approximate surface area is 226 Å². The van der Waals surface area contributed by atoms with Gasteiger partial charge in [0, 0.05) is 6.54 Å². The zero-order valence-electron chi connectivity index (χ0n) is 22.3. The molecule has 202 valence electrons. The number of rotatable bonds is 15. The average Bonchev–Trinajstić information content (AvgIpc) is 3.32. The van der Waals surface area contributed by atoms with Crippen LogP contribution in [0.1, 0.15) is 42.9 Å². The van der Waals surface area contributed by atoms with E-state index in [2.05, 4.69) is 17.6 Å². The molecule has 1 amide bonds. The molecular formula is C32H40N2O4. The molecule has 0 saturated carbocycles. The van der Waals surface area contributed by atoms with Crippen LogP contribution in [0.4, 0.5) is 0 Å². The quantitative estimate of drug-likeness (QED) is 0.278. The van der Waals surface area contributed by atoms with Crippen molar-refractivity contribution in [3.05, 3.63) is 108 Å². The van der Waals surface area contributed by atoms with Gasteiger partial charge in [-0.3, -0.25) is 10.1 Å². The van der Waals surface area contributed by atoms with Gasteiger partial charge < -0.3 is 19.5 Å². The Morgan fingerprint density at radius 3 is 1.82 bits per heavy atom. The van der Waals surface area contributed by atoms with Gasteiger partial charge in [0.2, 0.25) is 5.91 Å². The number of benzene rings is 3. The van der Waals surface area contributed by atoms with Crippen LogP contribution in [-0.2, 0) is 38.8 Å². The first-order valence-corrected chi connectivity index (χ1v) is 13.7. The fraction of sp³-hybridized carbons (Fsp3) is 0.406. The summed E-state index contributed by atoms with van der Waals surface area (Å²) >= 11 is 0. The summed E-state index contributed by atoms with van der Waals surface area (Å²) in [5.74, 6) is -0.0574. The van der Waals surface area contributed by atoms with Gasteiger partial charge in [-0.2, -0.15) is 0 Å². The van der Waals surface area contributed by atoms with Crippen LogP contribution in [0.3, 0.4) is 0 Å². The first-order valence-electron chi connectivity index (χ1n) is 13.7. The predicted octanol–water partition coefficient (Wildman–Crippen LogP) is 5.02. The Kier molecular flexibility index (Phi) is 11.3. The molecule has 1 fully saturated rings. The van der Waals surface area contributed by atoms with E-state index in [1.165, 1.54) is 0 Å². The van der Waals surface area contributed by atoms with Gasteiger partial charge in [-0.25, -0.2) is 0 Å². The molecule has 1 aliphatic heterocycles. The van der Waals surface area contributed by atoms with E-state index in [1.807, 2.05) is 91.0 Å². The lowest BCUT2D eigenvalue weighted by molar-refractivity contribution is -0.130. The van der Waals surface area contributed by atoms with Crippen molar-refractivity contribution in [2.75, 3.05) is 13.2 Å². The van der Waals surface area contributed by atoms with Crippen molar-refractivity contribution in [2.24, 2.45) is 0 Å². The number of unbranched alkanes of at least 4 members (excludes halogenated alkanes) is 2. The molecule has 3 aromatic rings. The number of hydrogen-bond acceptors (Lipinski definition) is 5. The minimum atomic E-state index is -0.536. The topological polar surface area (TPSA) is 68.8 Å². The van der Waals surface area contributed by atoms with Crippen LogP contribution in [0.25, 0.3) is 0 Å². The van der Waals surface area contributed by atoms with Crippen molar-refractivity contribution in [1.29, 1.82) is 0 Å². The number of amides is 1. The number of carbonyl (C=O) groups excluding carboxylic acids is 1. The third-order valence-corrected chi connectivity index (χ3v) is 6.78. The molecule has 0 bridgehead atoms. The Hall–Kier alpha value is -3.03. The Balaban J connectivity index is 1.48. The van der Waals surface area contributed by atoms with Crippen molar-refractivity contribution in [1.82, 2.24) is 10.6 Å². The van der Waals surface area contributed by atoms with E-state index < -0.39 is 12.1 Å². The maximum atomic E-state index is 13.3. The monoisotopic (exact) mass is 516 g/mol. The molecule has 1 aliphatic rings. The smallest absolute Gasteiger partial charge is 0.239 e. The lowest BCUT2D eigenvalue weighted by Gasteiger charge is -2.26. The van der Waals surface area contributed by atoms with Crippen LogP contribution in [0.2, 0.25) is 0 Å². The van der Waals surface area contributed by atoms with Gasteiger partial charge in [0.15, 0.2) is 0 Å². The molecule has 6 heteroatoms. The number of nitrogens with one attached hydrogen (secondary N) is 2. The zero-order chi connectivity index (χ0) is 26.4. The van der Waals surface area contributed by atoms with E-state index in [0.717, 1.165) is 36.0 Å². The fourth-order valence-corrected chi connectivity index (χ4v) is 4.72. The standard InChI is InChI=1S/C32H40N2O4/c1-2-3-13-20-33-32(35)29-31(38-23-27-18-11-6-12-19-27)30(37-22-26-16-9-5-10-17-26)28(34-29)24-36-21-25-14-7-4-8-15-25/h4-12,14-19,28-31,34H,2-3,13,20-24H2,1H3,(H,33,35)/t28-,29+,30-,31-/m0/s1. The Bertz CT molecular complexity index is 1060. The first-order chi connectivity index (χ1) is 18.7. The normalized spacial score (nSPS) is 20.9. The number of ether oxygens (including phenoxy) is 3. The second kappa shape index (κ2) is 15.4. The summed E-state index contributed by atoms with van der Waals surface area (Å²) in [5, 5.41) is 6.61. The third-order valence-electron chi connectivity index (χ3n) is 6.78. The van der Waals surface area contributed by atoms with Gasteiger partial charge >= 0.3 is 0 Å². The van der Waals surface area contributed by atoms with Gasteiger partial charge in [-0.1, -0.05) is 111 Å². The summed E-state index contributed by atoms with van der Waals surface area (Å²) in [6.07, 6.45) is 2.33. The molecule has 3 aromatic carbocycles. The van der Waals surface area contributed by atoms with Crippen LogP contribution in [0, 0.1) is 0 Å². The van der Waals surface area contributed by atoms with Crippen molar-refractivity contribution in [3.8, 4) is 0 Å². The summed E-state index contributed by atoms with van der Waals surface area (Å²) in [6.45, 7) is 4.53. The lowest BCUT2D eigenvalue weighted by Crippen LogP contribution is -2.48. The van der Waals surface area contributed by atoms with Gasteiger partial charge in [0.05, 0.1) is 32.5 Å². The van der Waals surface area contributed by atoms with E-state index in [9.17, 15) is 4.79 Å². The second-order valence-corrected chi connectivity index (χ2v) is 9.77. The van der Waals surface area contributed by atoms with E-state index in [1.54, 1.807) is 0 Å². The maximum absolute atomic E-state index is 13.3. The molecule has 6 nitrogen and oxygen atoms in total. The van der Waals surface area contributed by atoms with Crippen LogP contribution in [0.15, 0.2) is 91.0 Å². The molecular weight excluding hydrogens is 476 g/mol. The highest BCUT2D eigenvalue weighted by molar-refractivity contribution is 5.83. The fourth-order valence-electron chi connectivity index (χ4n) is 4.72. The van der Waals surface area contributed by atoms with E-state index >= 15 is 0 Å². The molecule has 0 spiro atoms. The Morgan fingerprint density at radius 1 is 0.737 bits per heavy atom. The second-order valence-electron chi connectivity index (χ2n) is 9.77. The number of carbonyl (C=O) groups is 1. The van der Waals surface area contributed by atoms with Crippen LogP contribution in [0.5, 0.6) is 0 Å².